The molecule has 0 unspecified atom stereocenters. The van der Waals surface area contributed by atoms with Crippen LogP contribution in [0.4, 0.5) is 0 Å². The number of aliphatic hydroxyl groups is 10. The Kier molecular flexibility index (Phi) is 15.3. The van der Waals surface area contributed by atoms with E-state index in [0.717, 1.165) is 24.3 Å². The summed E-state index contributed by atoms with van der Waals surface area (Å²) in [5.41, 5.74) is -1.31. The number of methoxy groups -OCH3 is 1. The lowest BCUT2D eigenvalue weighted by atomic mass is 9.97. The maximum absolute atomic E-state index is 14.4. The molecular weight excluding hydrogens is 916 g/mol. The molecule has 0 aliphatic carbocycles. The zero-order chi connectivity index (χ0) is 49.3. The lowest BCUT2D eigenvalue weighted by molar-refractivity contribution is -0.358. The van der Waals surface area contributed by atoms with Crippen LogP contribution in [0.25, 0.3) is 28.4 Å². The first-order valence-corrected chi connectivity index (χ1v) is 20.5. The largest absolute Gasteiger partial charge is 0.508 e. The van der Waals surface area contributed by atoms with E-state index in [1.165, 1.54) is 43.5 Å². The third kappa shape index (κ3) is 10.1. The van der Waals surface area contributed by atoms with Gasteiger partial charge in [-0.25, -0.2) is 4.79 Å². The predicted molar refractivity (Wildman–Crippen MR) is 222 cm³/mol. The molecular formula is C43H48O25. The predicted octanol–water partition coefficient (Wildman–Crippen LogP) is -3.26. The van der Waals surface area contributed by atoms with Crippen LogP contribution in [0.1, 0.15) is 5.56 Å². The van der Waals surface area contributed by atoms with E-state index in [9.17, 15) is 81.1 Å². The van der Waals surface area contributed by atoms with Crippen molar-refractivity contribution in [3.8, 4) is 51.6 Å². The summed E-state index contributed by atoms with van der Waals surface area (Å²) in [6.07, 6.45) is -26.0. The third-order valence-electron chi connectivity index (χ3n) is 11.3. The van der Waals surface area contributed by atoms with Crippen molar-refractivity contribution in [2.24, 2.45) is 0 Å². The Morgan fingerprint density at radius 1 is 0.676 bits per heavy atom. The summed E-state index contributed by atoms with van der Waals surface area (Å²) < 4.78 is 50.5. The zero-order valence-electron chi connectivity index (χ0n) is 35.3. The van der Waals surface area contributed by atoms with Gasteiger partial charge in [-0.15, -0.1) is 0 Å². The van der Waals surface area contributed by atoms with Crippen molar-refractivity contribution in [1.29, 1.82) is 0 Å². The lowest BCUT2D eigenvalue weighted by Crippen LogP contribution is -2.65. The lowest BCUT2D eigenvalue weighted by Gasteiger charge is -2.45. The molecule has 3 aliphatic heterocycles. The first kappa shape index (κ1) is 50.0. The Morgan fingerprint density at radius 2 is 1.28 bits per heavy atom. The van der Waals surface area contributed by atoms with Crippen molar-refractivity contribution >= 4 is 23.0 Å². The minimum Gasteiger partial charge on any atom is -0.508 e. The van der Waals surface area contributed by atoms with Crippen molar-refractivity contribution in [3.63, 3.8) is 0 Å². The van der Waals surface area contributed by atoms with Gasteiger partial charge >= 0.3 is 5.97 Å². The fourth-order valence-corrected chi connectivity index (χ4v) is 7.51. The fraction of sp³-hybridized carbons (Fsp3) is 0.442. The molecule has 68 heavy (non-hydrogen) atoms. The molecule has 0 spiro atoms. The molecule has 0 radical (unpaired) electrons. The van der Waals surface area contributed by atoms with E-state index in [4.69, 9.17) is 42.3 Å². The van der Waals surface area contributed by atoms with Gasteiger partial charge in [0.1, 0.15) is 102 Å². The summed E-state index contributed by atoms with van der Waals surface area (Å²) in [5.74, 6) is -4.82. The van der Waals surface area contributed by atoms with Crippen LogP contribution in [0, 0.1) is 0 Å². The summed E-state index contributed by atoms with van der Waals surface area (Å²) in [6, 6.07) is 9.33. The number of hydrogen-bond acceptors (Lipinski definition) is 25. The minimum absolute atomic E-state index is 0.0282. The average molecular weight is 965 g/mol. The molecule has 3 aliphatic rings. The Balaban J connectivity index is 1.17. The van der Waals surface area contributed by atoms with Crippen LogP contribution in [0.2, 0.25) is 0 Å². The zero-order valence-corrected chi connectivity index (χ0v) is 35.3. The number of carbonyl (C=O) groups excluding carboxylic acids is 1. The first-order valence-electron chi connectivity index (χ1n) is 20.5. The van der Waals surface area contributed by atoms with E-state index >= 15 is 0 Å². The molecule has 15 atom stereocenters. The van der Waals surface area contributed by atoms with Crippen LogP contribution in [0.15, 0.2) is 63.8 Å². The van der Waals surface area contributed by atoms with E-state index in [1.807, 2.05) is 0 Å². The number of esters is 1. The Morgan fingerprint density at radius 3 is 1.93 bits per heavy atom. The van der Waals surface area contributed by atoms with Crippen molar-refractivity contribution in [2.75, 3.05) is 26.9 Å². The molecule has 25 nitrogen and oxygen atoms in total. The number of ether oxygens (including phenoxy) is 8. The van der Waals surface area contributed by atoms with Gasteiger partial charge in [0.2, 0.25) is 29.5 Å². The van der Waals surface area contributed by atoms with Crippen LogP contribution in [0.3, 0.4) is 0 Å². The van der Waals surface area contributed by atoms with Gasteiger partial charge < -0.3 is 114 Å². The number of benzene rings is 3. The van der Waals surface area contributed by atoms with Gasteiger partial charge in [-0.05, 0) is 48.0 Å². The molecule has 370 valence electrons. The summed E-state index contributed by atoms with van der Waals surface area (Å²) >= 11 is 0. The van der Waals surface area contributed by atoms with Crippen LogP contribution in [0.5, 0.6) is 40.2 Å². The molecule has 14 N–H and O–H groups in total. The molecule has 4 heterocycles. The number of aromatic hydroxyl groups is 4. The number of phenolic OH excluding ortho intramolecular Hbond substituents is 4. The van der Waals surface area contributed by atoms with Gasteiger partial charge in [0.25, 0.3) is 0 Å². The number of phenols is 4. The molecule has 3 fully saturated rings. The molecule has 0 bridgehead atoms. The van der Waals surface area contributed by atoms with Gasteiger partial charge in [-0.2, -0.15) is 0 Å². The van der Waals surface area contributed by atoms with Gasteiger partial charge in [-0.3, -0.25) is 4.79 Å². The average Bonchev–Trinajstić information content (AvgIpc) is 3.32. The quantitative estimate of drug-likeness (QED) is 0.0335. The monoisotopic (exact) mass is 964 g/mol. The Bertz CT molecular complexity index is 2490. The molecule has 3 saturated heterocycles. The molecule has 4 aromatic rings. The molecule has 0 saturated carbocycles. The number of rotatable bonds is 14. The Labute approximate surface area is 382 Å². The first-order chi connectivity index (χ1) is 32.3. The molecule has 3 aromatic carbocycles. The van der Waals surface area contributed by atoms with Crippen molar-refractivity contribution in [3.05, 3.63) is 70.4 Å². The SMILES string of the molecule is COc1cc(/C=C/C(=O)OC[C@H]2O[C@@H](O[C@H]3[C@H](Oc4c(-c5ccc(O)cc5)oc5cc(O[C@@H]6O[C@H](CO)[C@@H](O)[C@H](O)[C@H]6O)cc(O)c5c4=O)O[C@H](CO)[C@@H](O)[C@@H]3O)[C@H](O)[C@@H](O)[C@@H]2O)cc(O)c1O. The summed E-state index contributed by atoms with van der Waals surface area (Å²) in [7, 11) is 1.23. The molecule has 25 heteroatoms. The van der Waals surface area contributed by atoms with Crippen molar-refractivity contribution in [2.45, 2.75) is 92.1 Å². The molecule has 7 rings (SSSR count). The molecule has 1 aromatic heterocycles. The van der Waals surface area contributed by atoms with Gasteiger partial charge in [0, 0.05) is 23.8 Å². The maximum atomic E-state index is 14.4. The van der Waals surface area contributed by atoms with Crippen LogP contribution < -0.4 is 19.6 Å². The standard InChI is InChI=1S/C43H48O25/c1-60-22-9-15(8-20(48)28(22)50)2-7-26(49)61-14-25-31(53)34(56)37(59)42(66-25)68-40-35(57)30(52)24(13-45)65-43(40)67-39-32(54)27-19(47)10-18(62-41-36(58)33(55)29(51)23(12-44)64-41)11-21(27)63-38(39)16-3-5-17(46)6-4-16/h2-11,23-25,29-31,33-37,40-48,50-53,55-59H,12-14H2,1H3/b7-2+/t23-,24-,25-,29-,30-,31-,33+,34+,35+,36-,37-,40-,41-,42+,43+/m1/s1. The van der Waals surface area contributed by atoms with Gasteiger partial charge in [0.15, 0.2) is 29.7 Å². The van der Waals surface area contributed by atoms with E-state index in [0.29, 0.717) is 0 Å². The summed E-state index contributed by atoms with van der Waals surface area (Å²) in [6.45, 7) is -2.52. The van der Waals surface area contributed by atoms with Crippen LogP contribution in [-0.2, 0) is 28.5 Å². The topological polar surface area (TPSA) is 404 Å². The van der Waals surface area contributed by atoms with E-state index in [1.54, 1.807) is 0 Å². The second-order valence-corrected chi connectivity index (χ2v) is 15.8. The smallest absolute Gasteiger partial charge is 0.330 e. The summed E-state index contributed by atoms with van der Waals surface area (Å²) in [4.78, 5) is 27.1. The number of hydrogen-bond donors (Lipinski definition) is 14. The van der Waals surface area contributed by atoms with E-state index in [2.05, 4.69) is 0 Å². The summed E-state index contributed by atoms with van der Waals surface area (Å²) in [5, 5.41) is 146. The minimum atomic E-state index is -2.12. The highest BCUT2D eigenvalue weighted by Gasteiger charge is 2.52. The Hall–Kier alpha value is -5.88. The third-order valence-corrected chi connectivity index (χ3v) is 11.3. The maximum Gasteiger partial charge on any atom is 0.330 e. The van der Waals surface area contributed by atoms with Gasteiger partial charge in [0.05, 0.1) is 20.3 Å². The van der Waals surface area contributed by atoms with Gasteiger partial charge in [-0.1, -0.05) is 0 Å². The fourth-order valence-electron chi connectivity index (χ4n) is 7.51. The van der Waals surface area contributed by atoms with Crippen LogP contribution >= 0.6 is 0 Å². The highest BCUT2D eigenvalue weighted by atomic mass is 16.8. The highest BCUT2D eigenvalue weighted by molar-refractivity contribution is 5.89. The number of fused-ring (bicyclic) bond motifs is 1. The highest BCUT2D eigenvalue weighted by Crippen LogP contribution is 2.40. The second kappa shape index (κ2) is 20.8. The van der Waals surface area contributed by atoms with Crippen molar-refractivity contribution < 1.29 is 119 Å². The normalized spacial score (nSPS) is 32.0. The van der Waals surface area contributed by atoms with E-state index < -0.39 is 163 Å². The number of carbonyl (C=O) groups is 1. The second-order valence-electron chi connectivity index (χ2n) is 15.8. The molecule has 0 amide bonds. The van der Waals surface area contributed by atoms with Crippen LogP contribution in [-0.4, -0.2) is 197 Å². The van der Waals surface area contributed by atoms with Crippen molar-refractivity contribution in [1.82, 2.24) is 0 Å². The van der Waals surface area contributed by atoms with E-state index in [-0.39, 0.29) is 28.4 Å². The number of aliphatic hydroxyl groups excluding tert-OH is 10.